The number of ether oxygens (including phenoxy) is 2. The third-order valence-electron chi connectivity index (χ3n) is 14.5. The van der Waals surface area contributed by atoms with E-state index in [0.717, 1.165) is 103 Å². The molecule has 0 saturated heterocycles. The van der Waals surface area contributed by atoms with Crippen LogP contribution in [0, 0.1) is 39.5 Å². The molecule has 0 bridgehead atoms. The van der Waals surface area contributed by atoms with Crippen molar-refractivity contribution in [3.8, 4) is 42.9 Å². The Balaban J connectivity index is 0.000000439. The number of fused-ring (bicyclic) bond motifs is 3. The normalized spacial score (nSPS) is 12.7. The van der Waals surface area contributed by atoms with E-state index in [1.54, 1.807) is 6.07 Å². The molecule has 8 aromatic carbocycles. The van der Waals surface area contributed by atoms with E-state index in [9.17, 15) is 5.11 Å². The number of aromatic hydroxyl groups is 1. The number of phenols is 1. The summed E-state index contributed by atoms with van der Waals surface area (Å²) in [5.41, 5.74) is 12.8. The van der Waals surface area contributed by atoms with Crippen molar-refractivity contribution in [2.24, 2.45) is 0 Å². The van der Waals surface area contributed by atoms with Crippen molar-refractivity contribution >= 4 is 60.9 Å². The molecule has 1 aromatic heterocycles. The van der Waals surface area contributed by atoms with E-state index in [-0.39, 0.29) is 7.43 Å². The average Bonchev–Trinajstić information content (AvgIpc) is 1.95. The van der Waals surface area contributed by atoms with Crippen LogP contribution in [-0.2, 0) is 17.6 Å². The summed E-state index contributed by atoms with van der Waals surface area (Å²) in [6.07, 6.45) is 44.8. The second-order valence-corrected chi connectivity index (χ2v) is 19.5. The van der Waals surface area contributed by atoms with Crippen LogP contribution >= 0.6 is 0 Å². The molecule has 0 saturated carbocycles. The molecule has 0 radical (unpaired) electrons. The fourth-order valence-corrected chi connectivity index (χ4v) is 10.4. The number of hydrogen-bond acceptors (Lipinski definition) is 6. The fourth-order valence-electron chi connectivity index (χ4n) is 10.4. The number of nitrogens with zero attached hydrogens (tertiary/aromatic N) is 2. The molecule has 11 rings (SSSR count). The highest BCUT2D eigenvalue weighted by molar-refractivity contribution is 6.16. The van der Waals surface area contributed by atoms with Gasteiger partial charge in [0.25, 0.3) is 0 Å². The maximum atomic E-state index is 10.4. The minimum atomic E-state index is 0. The summed E-state index contributed by atoms with van der Waals surface area (Å²) in [6, 6.07) is 52.0. The van der Waals surface area contributed by atoms with Crippen molar-refractivity contribution in [3.05, 3.63) is 274 Å². The Labute approximate surface area is 499 Å². The molecule has 9 aromatic rings. The van der Waals surface area contributed by atoms with Gasteiger partial charge in [0.15, 0.2) is 5.58 Å². The first-order valence-corrected chi connectivity index (χ1v) is 28.4. The number of terminal acetylenes is 2. The number of furan rings is 1. The van der Waals surface area contributed by atoms with Crippen LogP contribution in [0.2, 0.25) is 0 Å². The Morgan fingerprint density at radius 2 is 1.37 bits per heavy atom. The van der Waals surface area contributed by atoms with Gasteiger partial charge in [-0.2, -0.15) is 0 Å². The highest BCUT2D eigenvalue weighted by atomic mass is 16.5. The fraction of sp³-hybridized carbons (Fsp3) is 0.179. The molecule has 0 fully saturated rings. The van der Waals surface area contributed by atoms with E-state index >= 15 is 0 Å². The lowest BCUT2D eigenvalue weighted by Crippen LogP contribution is -2.24. The van der Waals surface area contributed by atoms with Crippen LogP contribution in [0.1, 0.15) is 77.1 Å². The Hall–Kier alpha value is -9.88. The van der Waals surface area contributed by atoms with Crippen LogP contribution in [0.3, 0.4) is 0 Å². The van der Waals surface area contributed by atoms with E-state index in [4.69, 9.17) is 13.9 Å². The van der Waals surface area contributed by atoms with Crippen LogP contribution in [0.5, 0.6) is 17.2 Å². The highest BCUT2D eigenvalue weighted by Crippen LogP contribution is 2.42. The molecule has 84 heavy (non-hydrogen) atoms. The quantitative estimate of drug-likeness (QED) is 0.0815. The van der Waals surface area contributed by atoms with Crippen LogP contribution < -0.4 is 19.8 Å². The molecule has 0 aliphatic heterocycles. The first-order valence-electron chi connectivity index (χ1n) is 28.4. The summed E-state index contributed by atoms with van der Waals surface area (Å²) in [5.74, 6) is 3.04. The summed E-state index contributed by atoms with van der Waals surface area (Å²) >= 11 is 0. The van der Waals surface area contributed by atoms with Crippen LogP contribution in [-0.4, -0.2) is 18.8 Å². The van der Waals surface area contributed by atoms with Crippen molar-refractivity contribution in [2.45, 2.75) is 81.6 Å². The lowest BCUT2D eigenvalue weighted by molar-refractivity contribution is 0.251. The minimum absolute atomic E-state index is 0. The van der Waals surface area contributed by atoms with Crippen LogP contribution in [0.4, 0.5) is 11.4 Å². The highest BCUT2D eigenvalue weighted by Gasteiger charge is 2.26. The van der Waals surface area contributed by atoms with Gasteiger partial charge in [-0.05, 0) is 151 Å². The van der Waals surface area contributed by atoms with Crippen LogP contribution in [0.15, 0.2) is 251 Å². The molecule has 0 amide bonds. The van der Waals surface area contributed by atoms with E-state index in [2.05, 4.69) is 178 Å². The summed E-state index contributed by atoms with van der Waals surface area (Å²) in [5, 5.41) is 18.8. The zero-order chi connectivity index (χ0) is 59.3. The summed E-state index contributed by atoms with van der Waals surface area (Å²) in [6.45, 7) is 14.9. The molecule has 1 heterocycles. The number of aryl methyl sites for hydroxylation is 2. The van der Waals surface area contributed by atoms with Crippen molar-refractivity contribution in [1.82, 2.24) is 0 Å². The standard InChI is InChI=1S/C57H52N2O3.C14H14O.C2H6.2C2H2.CH4/c1-5-7-8-17-37-61-56-40(6-2)20-11-14-25-51(56)59(39(3)19-9-10-21-41-22-12-15-27-52(41)60)49-36-33-43-29-30-44-38-45(34-31-42-32-35-48(49)55(43)54(42)44)58(4)50-26-18-24-47-46-23-13-16-28-53(46)62-57(47)50;1-11-7-3-5-9-13(11)15-14-10-6-4-8-12(14)2;3*1-2;/h5,7-13,15-20,22-36,60H,6,14,21,37-38H2,1-4H3;3-10H,1-2H3;1-2H3;2*1-2H;1H4/b7-5-,10-9-,17-8-,39-19+;;;;;. The number of allylic oxidation sites excluding steroid dienone is 13. The zero-order valence-corrected chi connectivity index (χ0v) is 49.3. The first kappa shape index (κ1) is 63.3. The van der Waals surface area contributed by atoms with Crippen molar-refractivity contribution in [3.63, 3.8) is 0 Å². The molecule has 1 N–H and O–H groups in total. The van der Waals surface area contributed by atoms with Crippen molar-refractivity contribution in [2.75, 3.05) is 23.5 Å². The van der Waals surface area contributed by atoms with Gasteiger partial charge in [-0.15, -0.1) is 25.7 Å². The summed E-state index contributed by atoms with van der Waals surface area (Å²) < 4.78 is 19.1. The predicted molar refractivity (Wildman–Crippen MR) is 362 cm³/mol. The molecule has 426 valence electrons. The molecule has 0 unspecified atom stereocenters. The molecule has 6 heteroatoms. The first-order chi connectivity index (χ1) is 40.7. The molecule has 0 atom stereocenters. The van der Waals surface area contributed by atoms with E-state index < -0.39 is 0 Å². The predicted octanol–water partition coefficient (Wildman–Crippen LogP) is 20.1. The average molecular weight is 1110 g/mol. The molecule has 2 aliphatic carbocycles. The smallest absolute Gasteiger partial charge is 0.159 e. The number of benzene rings is 8. The maximum absolute atomic E-state index is 10.4. The van der Waals surface area contributed by atoms with Gasteiger partial charge in [-0.1, -0.05) is 198 Å². The number of likely N-dealkylation sites (N-methyl/N-ethyl adjacent to an activating group) is 1. The molecular formula is C78H80N2O4. The molecule has 0 spiro atoms. The topological polar surface area (TPSA) is 58.3 Å². The monoisotopic (exact) mass is 1110 g/mol. The molecule has 6 nitrogen and oxygen atoms in total. The summed E-state index contributed by atoms with van der Waals surface area (Å²) in [4.78, 5) is 4.67. The SMILES string of the molecule is C.C#C.C#C.C/C=C\C=C/COC1=C(CC)C=CCC=C1N(/C(C)=C/C=C\Cc1ccccc1O)c1ccc2ccc3c4c(ccc1c24)=CC=C(N(C)c1cccc2c1oc1ccccc12)C3.CC.Cc1ccccc1Oc1ccccc1C. The third kappa shape index (κ3) is 14.4. The van der Waals surface area contributed by atoms with E-state index in [0.29, 0.717) is 18.8 Å². The third-order valence-corrected chi connectivity index (χ3v) is 14.5. The Bertz CT molecular complexity index is 4000. The number of hydrogen-bond donors (Lipinski definition) is 1. The maximum Gasteiger partial charge on any atom is 0.159 e. The lowest BCUT2D eigenvalue weighted by atomic mass is 9.92. The van der Waals surface area contributed by atoms with Gasteiger partial charge in [0, 0.05) is 41.0 Å². The Kier molecular flexibility index (Phi) is 23.6. The second-order valence-electron chi connectivity index (χ2n) is 19.5. The molecular weight excluding hydrogens is 1030 g/mol. The van der Waals surface area contributed by atoms with Crippen molar-refractivity contribution in [1.29, 1.82) is 0 Å². The summed E-state index contributed by atoms with van der Waals surface area (Å²) in [7, 11) is 2.15. The number of anilines is 2. The van der Waals surface area contributed by atoms with Gasteiger partial charge in [0.1, 0.15) is 35.2 Å². The zero-order valence-electron chi connectivity index (χ0n) is 49.3. The Morgan fingerprint density at radius 1 is 0.690 bits per heavy atom. The molecule has 2 aliphatic rings. The minimum Gasteiger partial charge on any atom is -0.508 e. The van der Waals surface area contributed by atoms with Gasteiger partial charge >= 0.3 is 0 Å². The van der Waals surface area contributed by atoms with Gasteiger partial charge in [-0.25, -0.2) is 0 Å². The van der Waals surface area contributed by atoms with Gasteiger partial charge in [0.2, 0.25) is 0 Å². The van der Waals surface area contributed by atoms with Crippen LogP contribution in [0.25, 0.3) is 49.6 Å². The van der Waals surface area contributed by atoms with E-state index in [1.807, 2.05) is 132 Å². The second kappa shape index (κ2) is 31.4. The van der Waals surface area contributed by atoms with Gasteiger partial charge in [-0.3, -0.25) is 0 Å². The van der Waals surface area contributed by atoms with Gasteiger partial charge in [0.05, 0.1) is 17.1 Å². The number of rotatable bonds is 15. The van der Waals surface area contributed by atoms with E-state index in [1.165, 1.54) is 38.0 Å². The Morgan fingerprint density at radius 3 is 2.08 bits per heavy atom. The van der Waals surface area contributed by atoms with Gasteiger partial charge < -0.3 is 28.8 Å². The largest absolute Gasteiger partial charge is 0.508 e. The van der Waals surface area contributed by atoms with Crippen molar-refractivity contribution < 1.29 is 19.0 Å². The number of phenolic OH excluding ortho intramolecular Hbond substituents is 1. The number of para-hydroxylation sites is 5. The lowest BCUT2D eigenvalue weighted by Gasteiger charge is -2.32.